The van der Waals surface area contributed by atoms with Crippen LogP contribution in [0.1, 0.15) is 22.6 Å². The molecular formula is C24H19F2NO3. The van der Waals surface area contributed by atoms with E-state index in [-0.39, 0.29) is 24.6 Å². The third-order valence-electron chi connectivity index (χ3n) is 5.06. The topological polar surface area (TPSA) is 58.6 Å². The van der Waals surface area contributed by atoms with Crippen LogP contribution in [0.4, 0.5) is 13.6 Å². The van der Waals surface area contributed by atoms with E-state index in [0.29, 0.717) is 0 Å². The van der Waals surface area contributed by atoms with E-state index in [1.807, 2.05) is 36.4 Å². The normalized spacial score (nSPS) is 12.6. The molecule has 0 aliphatic heterocycles. The minimum absolute atomic E-state index is 0.0381. The molecule has 0 saturated heterocycles. The Kier molecular flexibility index (Phi) is 5.48. The summed E-state index contributed by atoms with van der Waals surface area (Å²) >= 11 is 0. The predicted molar refractivity (Wildman–Crippen MR) is 110 cm³/mol. The number of hydrogen-bond acceptors (Lipinski definition) is 3. The standard InChI is InChI=1S/C24H19F2NO3/c25-22-12-15(28)13-23(26)20(22)10-5-11-27-24(29)30-14-21-18-8-3-1-6-16(18)17-7-2-4-9-19(17)21/h1-10,12-13,21,28H,11,14H2,(H,27,29). The third-order valence-corrected chi connectivity index (χ3v) is 5.06. The van der Waals surface area contributed by atoms with Crippen molar-refractivity contribution in [2.24, 2.45) is 0 Å². The van der Waals surface area contributed by atoms with E-state index in [1.54, 1.807) is 0 Å². The Hall–Kier alpha value is -3.67. The van der Waals surface area contributed by atoms with Crippen LogP contribution in [0, 0.1) is 11.6 Å². The second-order valence-electron chi connectivity index (χ2n) is 6.93. The van der Waals surface area contributed by atoms with Crippen LogP contribution in [-0.2, 0) is 4.74 Å². The van der Waals surface area contributed by atoms with Crippen LogP contribution in [0.2, 0.25) is 0 Å². The largest absolute Gasteiger partial charge is 0.508 e. The molecule has 0 spiro atoms. The number of rotatable bonds is 5. The second kappa shape index (κ2) is 8.37. The lowest BCUT2D eigenvalue weighted by Crippen LogP contribution is -2.26. The summed E-state index contributed by atoms with van der Waals surface area (Å²) in [5, 5.41) is 11.7. The van der Waals surface area contributed by atoms with Gasteiger partial charge in [-0.1, -0.05) is 60.7 Å². The van der Waals surface area contributed by atoms with Crippen molar-refractivity contribution in [1.82, 2.24) is 5.32 Å². The second-order valence-corrected chi connectivity index (χ2v) is 6.93. The zero-order chi connectivity index (χ0) is 21.1. The first-order valence-electron chi connectivity index (χ1n) is 9.48. The van der Waals surface area contributed by atoms with E-state index >= 15 is 0 Å². The molecule has 152 valence electrons. The van der Waals surface area contributed by atoms with Crippen molar-refractivity contribution in [3.8, 4) is 16.9 Å². The predicted octanol–water partition coefficient (Wildman–Crippen LogP) is 5.22. The van der Waals surface area contributed by atoms with E-state index in [4.69, 9.17) is 9.84 Å². The van der Waals surface area contributed by atoms with Gasteiger partial charge in [-0.3, -0.25) is 0 Å². The Balaban J connectivity index is 1.35. The minimum Gasteiger partial charge on any atom is -0.508 e. The Morgan fingerprint density at radius 1 is 1.00 bits per heavy atom. The Morgan fingerprint density at radius 2 is 1.57 bits per heavy atom. The molecule has 1 aliphatic carbocycles. The van der Waals surface area contributed by atoms with Gasteiger partial charge in [0.1, 0.15) is 24.0 Å². The molecule has 0 aromatic heterocycles. The number of aromatic hydroxyl groups is 1. The zero-order valence-electron chi connectivity index (χ0n) is 15.9. The molecule has 30 heavy (non-hydrogen) atoms. The van der Waals surface area contributed by atoms with Gasteiger partial charge in [0, 0.05) is 30.2 Å². The fourth-order valence-electron chi connectivity index (χ4n) is 3.70. The molecule has 0 heterocycles. The lowest BCUT2D eigenvalue weighted by atomic mass is 9.98. The summed E-state index contributed by atoms with van der Waals surface area (Å²) in [6.07, 6.45) is 1.99. The maximum Gasteiger partial charge on any atom is 0.407 e. The fraction of sp³-hybridized carbons (Fsp3) is 0.125. The van der Waals surface area contributed by atoms with Crippen molar-refractivity contribution in [3.63, 3.8) is 0 Å². The molecule has 1 amide bonds. The lowest BCUT2D eigenvalue weighted by molar-refractivity contribution is 0.144. The molecule has 3 aromatic carbocycles. The van der Waals surface area contributed by atoms with E-state index in [0.717, 1.165) is 34.4 Å². The quantitative estimate of drug-likeness (QED) is 0.610. The Morgan fingerprint density at radius 3 is 2.17 bits per heavy atom. The van der Waals surface area contributed by atoms with Crippen LogP contribution >= 0.6 is 0 Å². The summed E-state index contributed by atoms with van der Waals surface area (Å²) in [7, 11) is 0. The SMILES string of the molecule is O=C(NCC=Cc1c(F)cc(O)cc1F)OCC1c2ccccc2-c2ccccc21. The number of amides is 1. The van der Waals surface area contributed by atoms with Gasteiger partial charge in [0.2, 0.25) is 0 Å². The summed E-state index contributed by atoms with van der Waals surface area (Å²) in [6, 6.07) is 17.7. The number of ether oxygens (including phenoxy) is 1. The zero-order valence-corrected chi connectivity index (χ0v) is 15.9. The van der Waals surface area contributed by atoms with Crippen molar-refractivity contribution in [2.75, 3.05) is 13.2 Å². The van der Waals surface area contributed by atoms with Crippen molar-refractivity contribution in [1.29, 1.82) is 0 Å². The molecule has 0 atom stereocenters. The number of nitrogens with one attached hydrogen (secondary N) is 1. The van der Waals surface area contributed by atoms with Gasteiger partial charge in [-0.05, 0) is 22.3 Å². The van der Waals surface area contributed by atoms with E-state index in [2.05, 4.69) is 17.4 Å². The number of phenols is 1. The van der Waals surface area contributed by atoms with Gasteiger partial charge >= 0.3 is 6.09 Å². The number of alkyl carbamates (subject to hydrolysis) is 1. The van der Waals surface area contributed by atoms with Gasteiger partial charge in [0.05, 0.1) is 0 Å². The van der Waals surface area contributed by atoms with Gasteiger partial charge in [-0.2, -0.15) is 0 Å². The highest BCUT2D eigenvalue weighted by Gasteiger charge is 2.28. The number of hydrogen-bond donors (Lipinski definition) is 2. The van der Waals surface area contributed by atoms with Crippen molar-refractivity contribution >= 4 is 12.2 Å². The summed E-state index contributed by atoms with van der Waals surface area (Å²) in [4.78, 5) is 12.1. The summed E-state index contributed by atoms with van der Waals surface area (Å²) in [5.74, 6) is -2.30. The summed E-state index contributed by atoms with van der Waals surface area (Å²) in [6.45, 7) is 0.223. The monoisotopic (exact) mass is 407 g/mol. The van der Waals surface area contributed by atoms with Gasteiger partial charge in [0.15, 0.2) is 0 Å². The highest BCUT2D eigenvalue weighted by atomic mass is 19.1. The van der Waals surface area contributed by atoms with Crippen LogP contribution in [-0.4, -0.2) is 24.4 Å². The first kappa shape index (κ1) is 19.6. The van der Waals surface area contributed by atoms with Gasteiger partial charge in [-0.15, -0.1) is 0 Å². The first-order chi connectivity index (χ1) is 14.5. The number of halogens is 2. The highest BCUT2D eigenvalue weighted by molar-refractivity contribution is 5.79. The molecule has 0 fully saturated rings. The maximum absolute atomic E-state index is 13.7. The molecule has 0 bridgehead atoms. The molecule has 4 nitrogen and oxygen atoms in total. The average molecular weight is 407 g/mol. The number of phenolic OH excluding ortho intramolecular Hbond substituents is 1. The van der Waals surface area contributed by atoms with Crippen LogP contribution in [0.25, 0.3) is 17.2 Å². The average Bonchev–Trinajstić information content (AvgIpc) is 3.05. The van der Waals surface area contributed by atoms with E-state index in [9.17, 15) is 13.6 Å². The molecule has 6 heteroatoms. The van der Waals surface area contributed by atoms with Crippen LogP contribution < -0.4 is 5.32 Å². The van der Waals surface area contributed by atoms with Crippen molar-refractivity contribution < 1.29 is 23.4 Å². The third kappa shape index (κ3) is 3.89. The number of carbonyl (C=O) groups is 1. The lowest BCUT2D eigenvalue weighted by Gasteiger charge is -2.14. The Bertz CT molecular complexity index is 1060. The first-order valence-corrected chi connectivity index (χ1v) is 9.48. The summed E-state index contributed by atoms with van der Waals surface area (Å²) in [5.41, 5.74) is 4.22. The molecule has 0 unspecified atom stereocenters. The number of benzene rings is 3. The number of fused-ring (bicyclic) bond motifs is 3. The maximum atomic E-state index is 13.7. The van der Waals surface area contributed by atoms with Gasteiger partial charge < -0.3 is 15.2 Å². The van der Waals surface area contributed by atoms with Gasteiger partial charge in [0.25, 0.3) is 0 Å². The van der Waals surface area contributed by atoms with E-state index in [1.165, 1.54) is 12.2 Å². The molecule has 0 radical (unpaired) electrons. The van der Waals surface area contributed by atoms with Crippen molar-refractivity contribution in [3.05, 3.63) is 95.1 Å². The molecule has 2 N–H and O–H groups in total. The minimum atomic E-state index is -0.884. The fourth-order valence-corrected chi connectivity index (χ4v) is 3.70. The summed E-state index contributed by atoms with van der Waals surface area (Å²) < 4.78 is 32.7. The number of carbonyl (C=O) groups excluding carboxylic acids is 1. The highest BCUT2D eigenvalue weighted by Crippen LogP contribution is 2.44. The smallest absolute Gasteiger partial charge is 0.407 e. The molecule has 4 rings (SSSR count). The van der Waals surface area contributed by atoms with Gasteiger partial charge in [-0.25, -0.2) is 13.6 Å². The van der Waals surface area contributed by atoms with Crippen LogP contribution in [0.5, 0.6) is 5.75 Å². The van der Waals surface area contributed by atoms with E-state index < -0.39 is 23.5 Å². The Labute approximate surface area is 172 Å². The molecule has 3 aromatic rings. The van der Waals surface area contributed by atoms with Crippen LogP contribution in [0.15, 0.2) is 66.7 Å². The van der Waals surface area contributed by atoms with Crippen LogP contribution in [0.3, 0.4) is 0 Å². The molecular weight excluding hydrogens is 388 g/mol. The molecule has 0 saturated carbocycles. The van der Waals surface area contributed by atoms with Crippen molar-refractivity contribution in [2.45, 2.75) is 5.92 Å². The molecule has 1 aliphatic rings.